The summed E-state index contributed by atoms with van der Waals surface area (Å²) in [6.07, 6.45) is 2.16. The molecule has 0 unspecified atom stereocenters. The quantitative estimate of drug-likeness (QED) is 0.763. The van der Waals surface area contributed by atoms with Gasteiger partial charge < -0.3 is 4.90 Å². The van der Waals surface area contributed by atoms with E-state index in [1.54, 1.807) is 0 Å². The van der Waals surface area contributed by atoms with Crippen molar-refractivity contribution in [2.24, 2.45) is 0 Å². The Bertz CT molecular complexity index is 457. The van der Waals surface area contributed by atoms with E-state index in [-0.39, 0.29) is 5.82 Å². The average molecular weight is 277 g/mol. The average Bonchev–Trinajstić information content (AvgIpc) is 2.41. The molecule has 2 rings (SSSR count). The van der Waals surface area contributed by atoms with Crippen molar-refractivity contribution in [1.29, 1.82) is 0 Å². The van der Waals surface area contributed by atoms with Gasteiger partial charge in [0.15, 0.2) is 0 Å². The Labute approximate surface area is 123 Å². The summed E-state index contributed by atoms with van der Waals surface area (Å²) in [5.41, 5.74) is 2.94. The zero-order valence-corrected chi connectivity index (χ0v) is 13.5. The molecule has 1 aliphatic heterocycles. The van der Waals surface area contributed by atoms with Gasteiger partial charge >= 0.3 is 0 Å². The van der Waals surface area contributed by atoms with Crippen molar-refractivity contribution >= 4 is 0 Å². The fourth-order valence-corrected chi connectivity index (χ4v) is 3.39. The van der Waals surface area contributed by atoms with E-state index in [4.69, 9.17) is 0 Å². The van der Waals surface area contributed by atoms with Gasteiger partial charge in [0.25, 0.3) is 0 Å². The highest BCUT2D eigenvalue weighted by Crippen LogP contribution is 2.33. The van der Waals surface area contributed by atoms with Crippen LogP contribution in [0.15, 0.2) is 12.1 Å². The van der Waals surface area contributed by atoms with E-state index < -0.39 is 0 Å². The lowest BCUT2D eigenvalue weighted by Gasteiger charge is -2.35. The molecular formula is C18H28FN. The molecule has 1 saturated heterocycles. The van der Waals surface area contributed by atoms with Crippen molar-refractivity contribution in [3.8, 4) is 0 Å². The van der Waals surface area contributed by atoms with Crippen molar-refractivity contribution in [2.75, 3.05) is 13.1 Å². The normalized spacial score (nSPS) is 18.2. The van der Waals surface area contributed by atoms with Crippen LogP contribution in [-0.2, 0) is 0 Å². The van der Waals surface area contributed by atoms with Gasteiger partial charge in [-0.1, -0.05) is 26.0 Å². The molecule has 1 aliphatic rings. The molecule has 20 heavy (non-hydrogen) atoms. The number of likely N-dealkylation sites (tertiary alicyclic amines) is 1. The fourth-order valence-electron chi connectivity index (χ4n) is 3.39. The van der Waals surface area contributed by atoms with Gasteiger partial charge in [-0.15, -0.1) is 0 Å². The lowest BCUT2D eigenvalue weighted by atomic mass is 9.85. The maximum Gasteiger partial charge on any atom is 0.129 e. The van der Waals surface area contributed by atoms with Crippen molar-refractivity contribution < 1.29 is 4.39 Å². The lowest BCUT2D eigenvalue weighted by Crippen LogP contribution is -2.38. The second-order valence-corrected chi connectivity index (χ2v) is 6.74. The molecule has 0 aromatic heterocycles. The largest absolute Gasteiger partial charge is 0.301 e. The molecule has 1 fully saturated rings. The number of piperidine rings is 1. The molecule has 0 aliphatic carbocycles. The molecule has 2 heteroatoms. The Morgan fingerprint density at radius 3 is 2.20 bits per heavy atom. The van der Waals surface area contributed by atoms with Crippen molar-refractivity contribution in [3.05, 3.63) is 34.6 Å². The number of halogens is 1. The fraction of sp³-hybridized carbons (Fsp3) is 0.667. The first-order valence-corrected chi connectivity index (χ1v) is 7.94. The third-order valence-corrected chi connectivity index (χ3v) is 4.78. The molecule has 0 atom stereocenters. The number of benzene rings is 1. The first-order valence-electron chi connectivity index (χ1n) is 7.94. The Morgan fingerprint density at radius 1 is 1.10 bits per heavy atom. The summed E-state index contributed by atoms with van der Waals surface area (Å²) < 4.78 is 14.6. The Balaban J connectivity index is 2.17. The van der Waals surface area contributed by atoms with Gasteiger partial charge in [-0.05, 0) is 75.2 Å². The third kappa shape index (κ3) is 3.06. The second-order valence-electron chi connectivity index (χ2n) is 6.74. The molecular weight excluding hydrogens is 249 g/mol. The highest BCUT2D eigenvalue weighted by Gasteiger charge is 2.25. The minimum Gasteiger partial charge on any atom is -0.301 e. The number of hydrogen-bond donors (Lipinski definition) is 0. The Kier molecular flexibility index (Phi) is 4.85. The summed E-state index contributed by atoms with van der Waals surface area (Å²) >= 11 is 0. The van der Waals surface area contributed by atoms with Gasteiger partial charge in [-0.3, -0.25) is 0 Å². The Hall–Kier alpha value is -0.890. The topological polar surface area (TPSA) is 3.24 Å². The predicted molar refractivity (Wildman–Crippen MR) is 83.9 cm³/mol. The van der Waals surface area contributed by atoms with Crippen LogP contribution in [0.2, 0.25) is 0 Å². The molecule has 0 N–H and O–H groups in total. The van der Waals surface area contributed by atoms with Crippen LogP contribution in [0.3, 0.4) is 0 Å². The highest BCUT2D eigenvalue weighted by molar-refractivity contribution is 5.36. The second kappa shape index (κ2) is 6.26. The Morgan fingerprint density at radius 2 is 1.70 bits per heavy atom. The molecule has 0 saturated carbocycles. The summed E-state index contributed by atoms with van der Waals surface area (Å²) in [5, 5.41) is 0. The standard InChI is InChI=1S/C18H28FN/c1-12(2)16-6-7-17(18(19)14(16)5)15-8-10-20(11-9-15)13(3)4/h6-7,12-13,15H,8-11H2,1-5H3. The van der Waals surface area contributed by atoms with Crippen LogP contribution in [0.1, 0.15) is 69.1 Å². The lowest BCUT2D eigenvalue weighted by molar-refractivity contribution is 0.171. The van der Waals surface area contributed by atoms with Crippen LogP contribution in [-0.4, -0.2) is 24.0 Å². The van der Waals surface area contributed by atoms with Gasteiger partial charge in [0, 0.05) is 6.04 Å². The molecule has 1 aromatic rings. The minimum absolute atomic E-state index is 0.0409. The summed E-state index contributed by atoms with van der Waals surface area (Å²) in [6.45, 7) is 12.8. The molecule has 0 bridgehead atoms. The van der Waals surface area contributed by atoms with Crippen molar-refractivity contribution in [1.82, 2.24) is 4.90 Å². The molecule has 0 amide bonds. The van der Waals surface area contributed by atoms with Crippen LogP contribution in [0.25, 0.3) is 0 Å². The maximum absolute atomic E-state index is 14.6. The van der Waals surface area contributed by atoms with Gasteiger partial charge in [0.2, 0.25) is 0 Å². The zero-order valence-electron chi connectivity index (χ0n) is 13.5. The van der Waals surface area contributed by atoms with Crippen molar-refractivity contribution in [3.63, 3.8) is 0 Å². The van der Waals surface area contributed by atoms with E-state index in [1.165, 1.54) is 0 Å². The van der Waals surface area contributed by atoms with Gasteiger partial charge in [0.05, 0.1) is 0 Å². The SMILES string of the molecule is Cc1c(C(C)C)ccc(C2CCN(C(C)C)CC2)c1F. The first-order chi connectivity index (χ1) is 9.41. The van der Waals surface area contributed by atoms with E-state index in [0.29, 0.717) is 17.9 Å². The number of nitrogens with zero attached hydrogens (tertiary/aromatic N) is 1. The molecule has 1 aromatic carbocycles. The highest BCUT2D eigenvalue weighted by atomic mass is 19.1. The van der Waals surface area contributed by atoms with Gasteiger partial charge in [-0.25, -0.2) is 4.39 Å². The van der Waals surface area contributed by atoms with E-state index >= 15 is 0 Å². The molecule has 0 spiro atoms. The van der Waals surface area contributed by atoms with Crippen molar-refractivity contribution in [2.45, 2.75) is 65.3 Å². The number of rotatable bonds is 3. The van der Waals surface area contributed by atoms with E-state index in [1.807, 2.05) is 13.0 Å². The molecule has 112 valence electrons. The van der Waals surface area contributed by atoms with E-state index in [2.05, 4.69) is 38.7 Å². The van der Waals surface area contributed by atoms with Crippen LogP contribution in [0.5, 0.6) is 0 Å². The summed E-state index contributed by atoms with van der Waals surface area (Å²) in [4.78, 5) is 2.49. The monoisotopic (exact) mass is 277 g/mol. The molecule has 1 nitrogen and oxygen atoms in total. The van der Waals surface area contributed by atoms with Crippen LogP contribution in [0, 0.1) is 12.7 Å². The predicted octanol–water partition coefficient (Wildman–Crippen LogP) is 4.85. The minimum atomic E-state index is 0.0409. The van der Waals surface area contributed by atoms with Crippen LogP contribution < -0.4 is 0 Å². The summed E-state index contributed by atoms with van der Waals surface area (Å²) in [6, 6.07) is 4.77. The number of hydrogen-bond acceptors (Lipinski definition) is 1. The molecule has 1 heterocycles. The van der Waals surface area contributed by atoms with Gasteiger partial charge in [0.1, 0.15) is 5.82 Å². The van der Waals surface area contributed by atoms with Crippen LogP contribution >= 0.6 is 0 Å². The molecule has 0 radical (unpaired) electrons. The van der Waals surface area contributed by atoms with E-state index in [9.17, 15) is 4.39 Å². The first kappa shape index (κ1) is 15.5. The van der Waals surface area contributed by atoms with Gasteiger partial charge in [-0.2, -0.15) is 0 Å². The maximum atomic E-state index is 14.6. The zero-order chi connectivity index (χ0) is 14.9. The smallest absolute Gasteiger partial charge is 0.129 e. The summed E-state index contributed by atoms with van der Waals surface area (Å²) in [5.74, 6) is 0.824. The third-order valence-electron chi connectivity index (χ3n) is 4.78. The van der Waals surface area contributed by atoms with E-state index in [0.717, 1.165) is 42.6 Å². The summed E-state index contributed by atoms with van der Waals surface area (Å²) in [7, 11) is 0. The van der Waals surface area contributed by atoms with Crippen LogP contribution in [0.4, 0.5) is 4.39 Å².